The molecule has 0 unspecified atom stereocenters. The monoisotopic (exact) mass is 265 g/mol. The lowest BCUT2D eigenvalue weighted by Crippen LogP contribution is -2.13. The van der Waals surface area contributed by atoms with E-state index >= 15 is 0 Å². The second kappa shape index (κ2) is 4.97. The lowest BCUT2D eigenvalue weighted by atomic mass is 10.1. The van der Waals surface area contributed by atoms with Gasteiger partial charge in [-0.05, 0) is 22.9 Å². The number of hydrogen-bond acceptors (Lipinski definition) is 4. The van der Waals surface area contributed by atoms with Gasteiger partial charge in [0.25, 0.3) is 5.91 Å². The maximum absolute atomic E-state index is 12.1. The lowest BCUT2D eigenvalue weighted by Gasteiger charge is -2.07. The molecule has 2 aromatic carbocycles. The van der Waals surface area contributed by atoms with Crippen LogP contribution in [0.3, 0.4) is 0 Å². The van der Waals surface area contributed by atoms with Crippen LogP contribution in [0.4, 0.5) is 5.82 Å². The molecule has 0 bridgehead atoms. The van der Waals surface area contributed by atoms with E-state index in [0.717, 1.165) is 10.8 Å². The molecule has 0 aliphatic rings. The molecule has 3 rings (SSSR count). The van der Waals surface area contributed by atoms with Crippen molar-refractivity contribution in [3.05, 3.63) is 60.6 Å². The average molecular weight is 265 g/mol. The van der Waals surface area contributed by atoms with Crippen molar-refractivity contribution in [2.45, 2.75) is 0 Å². The Morgan fingerprint density at radius 2 is 1.85 bits per heavy atom. The predicted molar refractivity (Wildman–Crippen MR) is 75.6 cm³/mol. The van der Waals surface area contributed by atoms with Crippen LogP contribution in [0.25, 0.3) is 10.8 Å². The van der Waals surface area contributed by atoms with Gasteiger partial charge in [0.15, 0.2) is 5.82 Å². The average Bonchev–Trinajstić information content (AvgIpc) is 2.47. The molecule has 0 aliphatic carbocycles. The number of benzene rings is 2. The number of nitrogens with one attached hydrogen (secondary N) is 1. The van der Waals surface area contributed by atoms with Gasteiger partial charge in [0, 0.05) is 12.4 Å². The second-order valence-corrected chi connectivity index (χ2v) is 4.26. The first-order valence-electron chi connectivity index (χ1n) is 6.03. The zero-order chi connectivity index (χ0) is 13.9. The summed E-state index contributed by atoms with van der Waals surface area (Å²) in [6, 6.07) is 10.7. The van der Waals surface area contributed by atoms with Crippen LogP contribution in [0.15, 0.2) is 55.0 Å². The van der Waals surface area contributed by atoms with Crippen LogP contribution in [0.2, 0.25) is 0 Å². The third-order valence-corrected chi connectivity index (χ3v) is 2.91. The molecular weight excluding hydrogens is 254 g/mol. The Morgan fingerprint density at radius 3 is 2.55 bits per heavy atom. The van der Waals surface area contributed by atoms with Crippen LogP contribution >= 0.6 is 0 Å². The van der Waals surface area contributed by atoms with Gasteiger partial charge >= 0.3 is 0 Å². The Hall–Kier alpha value is -2.95. The number of hydrogen-bond donors (Lipinski definition) is 2. The van der Waals surface area contributed by atoms with Crippen molar-refractivity contribution in [1.82, 2.24) is 9.97 Å². The number of aromatic hydroxyl groups is 1. The Kier molecular flexibility index (Phi) is 3.01. The summed E-state index contributed by atoms with van der Waals surface area (Å²) >= 11 is 0. The van der Waals surface area contributed by atoms with Crippen molar-refractivity contribution in [2.24, 2.45) is 0 Å². The number of anilines is 1. The highest BCUT2D eigenvalue weighted by Gasteiger charge is 2.13. The number of fused-ring (bicyclic) bond motifs is 1. The maximum atomic E-state index is 12.1. The number of aromatic nitrogens is 2. The molecule has 0 radical (unpaired) electrons. The van der Waals surface area contributed by atoms with E-state index in [1.807, 2.05) is 24.3 Å². The fourth-order valence-corrected chi connectivity index (χ4v) is 1.96. The van der Waals surface area contributed by atoms with Gasteiger partial charge in [-0.15, -0.1) is 0 Å². The van der Waals surface area contributed by atoms with Crippen LogP contribution in [-0.4, -0.2) is 21.0 Å². The van der Waals surface area contributed by atoms with Crippen molar-refractivity contribution in [3.8, 4) is 5.75 Å². The van der Waals surface area contributed by atoms with Gasteiger partial charge in [-0.1, -0.05) is 24.3 Å². The van der Waals surface area contributed by atoms with E-state index in [1.54, 1.807) is 12.1 Å². The highest BCUT2D eigenvalue weighted by atomic mass is 16.3. The zero-order valence-electron chi connectivity index (χ0n) is 10.4. The molecule has 0 aliphatic heterocycles. The summed E-state index contributed by atoms with van der Waals surface area (Å²) in [5.74, 6) is -0.149. The van der Waals surface area contributed by atoms with Crippen molar-refractivity contribution < 1.29 is 9.90 Å². The molecule has 1 heterocycles. The summed E-state index contributed by atoms with van der Waals surface area (Å²) < 4.78 is 0. The molecule has 3 aromatic rings. The minimum Gasteiger partial charge on any atom is -0.507 e. The first-order chi connectivity index (χ1) is 9.74. The quantitative estimate of drug-likeness (QED) is 0.746. The number of carbonyl (C=O) groups is 1. The number of phenols is 1. The topological polar surface area (TPSA) is 75.1 Å². The van der Waals surface area contributed by atoms with E-state index < -0.39 is 5.91 Å². The number of amides is 1. The van der Waals surface area contributed by atoms with Crippen molar-refractivity contribution in [3.63, 3.8) is 0 Å². The smallest absolute Gasteiger partial charge is 0.260 e. The molecule has 1 aromatic heterocycles. The number of phenolic OH excluding ortho intramolecular Hbond substituents is 1. The molecule has 5 heteroatoms. The highest BCUT2D eigenvalue weighted by Crippen LogP contribution is 2.25. The summed E-state index contributed by atoms with van der Waals surface area (Å²) in [7, 11) is 0. The van der Waals surface area contributed by atoms with Crippen molar-refractivity contribution in [2.75, 3.05) is 5.32 Å². The molecule has 20 heavy (non-hydrogen) atoms. The van der Waals surface area contributed by atoms with E-state index in [-0.39, 0.29) is 11.3 Å². The van der Waals surface area contributed by atoms with Crippen molar-refractivity contribution in [1.29, 1.82) is 0 Å². The molecular formula is C15H11N3O2. The fraction of sp³-hybridized carbons (Fsp3) is 0. The molecule has 1 amide bonds. The number of rotatable bonds is 2. The van der Waals surface area contributed by atoms with Crippen LogP contribution in [0, 0.1) is 0 Å². The highest BCUT2D eigenvalue weighted by molar-refractivity contribution is 6.08. The van der Waals surface area contributed by atoms with Gasteiger partial charge in [0.1, 0.15) is 5.75 Å². The van der Waals surface area contributed by atoms with E-state index in [0.29, 0.717) is 5.82 Å². The standard InChI is InChI=1S/C15H11N3O2/c19-13-8-11-4-2-1-3-10(11)7-12(13)15(20)18-14-9-16-5-6-17-14/h1-9,19H,(H,17,18,20). The number of carbonyl (C=O) groups excluding carboxylic acids is 1. The molecule has 2 N–H and O–H groups in total. The molecule has 0 fully saturated rings. The van der Waals surface area contributed by atoms with Gasteiger partial charge in [-0.3, -0.25) is 9.78 Å². The first-order valence-corrected chi connectivity index (χ1v) is 6.03. The van der Waals surface area contributed by atoms with Gasteiger partial charge < -0.3 is 10.4 Å². The van der Waals surface area contributed by atoms with E-state index in [1.165, 1.54) is 18.6 Å². The van der Waals surface area contributed by atoms with Gasteiger partial charge in [-0.2, -0.15) is 0 Å². The fourth-order valence-electron chi connectivity index (χ4n) is 1.96. The molecule has 0 saturated carbocycles. The largest absolute Gasteiger partial charge is 0.507 e. The molecule has 98 valence electrons. The van der Waals surface area contributed by atoms with Crippen LogP contribution in [0.1, 0.15) is 10.4 Å². The summed E-state index contributed by atoms with van der Waals surface area (Å²) in [6.45, 7) is 0. The molecule has 0 spiro atoms. The summed E-state index contributed by atoms with van der Waals surface area (Å²) in [5.41, 5.74) is 0.203. The molecule has 0 saturated heterocycles. The number of nitrogens with zero attached hydrogens (tertiary/aromatic N) is 2. The van der Waals surface area contributed by atoms with Crippen LogP contribution < -0.4 is 5.32 Å². The maximum Gasteiger partial charge on any atom is 0.260 e. The van der Waals surface area contributed by atoms with Gasteiger partial charge in [0.2, 0.25) is 0 Å². The second-order valence-electron chi connectivity index (χ2n) is 4.26. The minimum absolute atomic E-state index is 0.0647. The molecule has 0 atom stereocenters. The SMILES string of the molecule is O=C(Nc1cnccn1)c1cc2ccccc2cc1O. The van der Waals surface area contributed by atoms with Crippen molar-refractivity contribution >= 4 is 22.5 Å². The molecule has 5 nitrogen and oxygen atoms in total. The van der Waals surface area contributed by atoms with Gasteiger partial charge in [0.05, 0.1) is 11.8 Å². The lowest BCUT2D eigenvalue weighted by molar-refractivity contribution is 0.102. The zero-order valence-corrected chi connectivity index (χ0v) is 10.4. The Morgan fingerprint density at radius 1 is 1.10 bits per heavy atom. The summed E-state index contributed by atoms with van der Waals surface area (Å²) in [5, 5.41) is 14.3. The normalized spacial score (nSPS) is 10.4. The summed E-state index contributed by atoms with van der Waals surface area (Å²) in [6.07, 6.45) is 4.44. The summed E-state index contributed by atoms with van der Waals surface area (Å²) in [4.78, 5) is 20.0. The minimum atomic E-state index is -0.422. The first kappa shape index (κ1) is 12.1. The third-order valence-electron chi connectivity index (χ3n) is 2.91. The third kappa shape index (κ3) is 2.29. The van der Waals surface area contributed by atoms with Crippen LogP contribution in [-0.2, 0) is 0 Å². The van der Waals surface area contributed by atoms with Gasteiger partial charge in [-0.25, -0.2) is 4.98 Å². The Labute approximate surface area is 114 Å². The predicted octanol–water partition coefficient (Wildman–Crippen LogP) is 2.59. The van der Waals surface area contributed by atoms with Crippen LogP contribution in [0.5, 0.6) is 5.75 Å². The van der Waals surface area contributed by atoms with E-state index in [9.17, 15) is 9.90 Å². The Balaban J connectivity index is 1.97. The Bertz CT molecular complexity index is 772. The van der Waals surface area contributed by atoms with E-state index in [2.05, 4.69) is 15.3 Å². The van der Waals surface area contributed by atoms with E-state index in [4.69, 9.17) is 0 Å².